The van der Waals surface area contributed by atoms with Crippen LogP contribution >= 0.6 is 0 Å². The maximum absolute atomic E-state index is 10.1. The van der Waals surface area contributed by atoms with E-state index in [-0.39, 0.29) is 37.6 Å². The molecule has 2 N–H and O–H groups in total. The normalized spacial score (nSPS) is 14.7. The Morgan fingerprint density at radius 1 is 0.372 bits per heavy atom. The molecule has 0 fully saturated rings. The Hall–Kier alpha value is -0.200. The number of rotatable bonds is 36. The summed E-state index contributed by atoms with van der Waals surface area (Å²) in [6.45, 7) is 10.6. The Labute approximate surface area is 269 Å². The first-order valence-corrected chi connectivity index (χ1v) is 19.0. The molecular formula is C38H78O5. The van der Waals surface area contributed by atoms with Crippen molar-refractivity contribution in [2.45, 2.75) is 195 Å². The van der Waals surface area contributed by atoms with E-state index in [4.69, 9.17) is 14.2 Å². The van der Waals surface area contributed by atoms with Crippen LogP contribution < -0.4 is 0 Å². The molecule has 5 heteroatoms. The zero-order valence-corrected chi connectivity index (χ0v) is 29.7. The first-order chi connectivity index (χ1) is 21.1. The number of hydrogen-bond donors (Lipinski definition) is 2. The van der Waals surface area contributed by atoms with E-state index in [0.717, 1.165) is 38.5 Å². The van der Waals surface area contributed by atoms with E-state index >= 15 is 0 Å². The van der Waals surface area contributed by atoms with Crippen LogP contribution in [0.25, 0.3) is 0 Å². The highest BCUT2D eigenvalue weighted by Gasteiger charge is 2.28. The molecule has 0 aliphatic carbocycles. The summed E-state index contributed by atoms with van der Waals surface area (Å²) in [6, 6.07) is 0. The molecular weight excluding hydrogens is 536 g/mol. The molecule has 0 radical (unpaired) electrons. The Kier molecular flexibility index (Phi) is 31.6. The van der Waals surface area contributed by atoms with Crippen molar-refractivity contribution in [3.63, 3.8) is 0 Å². The van der Waals surface area contributed by atoms with Crippen molar-refractivity contribution >= 4 is 0 Å². The van der Waals surface area contributed by atoms with Crippen LogP contribution in [0, 0.1) is 10.8 Å². The molecule has 0 aromatic heterocycles. The highest BCUT2D eigenvalue weighted by atomic mass is 16.7. The molecule has 0 amide bonds. The SMILES string of the molecule is CCCCCCCCCCCCCC(CC)(CO)COCOCOCC(CC)(CO)CCCCCCCCCCCCC. The molecule has 0 bridgehead atoms. The number of unbranched alkanes of at least 4 members (excludes halogenated alkanes) is 20. The van der Waals surface area contributed by atoms with Gasteiger partial charge in [0.1, 0.15) is 13.6 Å². The largest absolute Gasteiger partial charge is 0.396 e. The maximum Gasteiger partial charge on any atom is 0.149 e. The molecule has 0 spiro atoms. The summed E-state index contributed by atoms with van der Waals surface area (Å²) in [4.78, 5) is 0. The van der Waals surface area contributed by atoms with Crippen molar-refractivity contribution in [1.29, 1.82) is 0 Å². The van der Waals surface area contributed by atoms with Gasteiger partial charge in [0, 0.05) is 10.8 Å². The Morgan fingerprint density at radius 2 is 0.651 bits per heavy atom. The third kappa shape index (κ3) is 24.7. The van der Waals surface area contributed by atoms with Crippen LogP contribution in [-0.4, -0.2) is 50.2 Å². The zero-order chi connectivity index (χ0) is 31.7. The summed E-state index contributed by atoms with van der Waals surface area (Å²) in [7, 11) is 0. The van der Waals surface area contributed by atoms with Crippen LogP contribution in [0.1, 0.15) is 195 Å². The number of aliphatic hydroxyl groups is 2. The molecule has 0 saturated heterocycles. The molecule has 5 nitrogen and oxygen atoms in total. The quantitative estimate of drug-likeness (QED) is 0.0543. The van der Waals surface area contributed by atoms with Crippen molar-refractivity contribution < 1.29 is 24.4 Å². The van der Waals surface area contributed by atoms with Crippen LogP contribution in [0.3, 0.4) is 0 Å². The third-order valence-electron chi connectivity index (χ3n) is 9.94. The van der Waals surface area contributed by atoms with Crippen LogP contribution in [0.2, 0.25) is 0 Å². The summed E-state index contributed by atoms with van der Waals surface area (Å²) in [6.07, 6.45) is 33.2. The van der Waals surface area contributed by atoms with Gasteiger partial charge in [-0.2, -0.15) is 0 Å². The molecule has 2 atom stereocenters. The highest BCUT2D eigenvalue weighted by molar-refractivity contribution is 4.78. The monoisotopic (exact) mass is 615 g/mol. The highest BCUT2D eigenvalue weighted by Crippen LogP contribution is 2.31. The Bertz CT molecular complexity index is 486. The van der Waals surface area contributed by atoms with Gasteiger partial charge in [0.2, 0.25) is 0 Å². The summed E-state index contributed by atoms with van der Waals surface area (Å²) in [5, 5.41) is 20.3. The fraction of sp³-hybridized carbons (Fsp3) is 1.00. The molecule has 0 aliphatic rings. The van der Waals surface area contributed by atoms with Gasteiger partial charge in [-0.3, -0.25) is 0 Å². The second-order valence-corrected chi connectivity index (χ2v) is 13.7. The lowest BCUT2D eigenvalue weighted by Crippen LogP contribution is -2.32. The predicted octanol–water partition coefficient (Wildman–Crippen LogP) is 11.1. The minimum atomic E-state index is -0.174. The number of hydrogen-bond acceptors (Lipinski definition) is 5. The fourth-order valence-electron chi connectivity index (χ4n) is 6.17. The topological polar surface area (TPSA) is 68.2 Å². The van der Waals surface area contributed by atoms with Gasteiger partial charge in [-0.1, -0.05) is 169 Å². The molecule has 2 unspecified atom stereocenters. The Morgan fingerprint density at radius 3 is 0.907 bits per heavy atom. The van der Waals surface area contributed by atoms with E-state index in [2.05, 4.69) is 27.7 Å². The molecule has 0 saturated carbocycles. The maximum atomic E-state index is 10.1. The van der Waals surface area contributed by atoms with Gasteiger partial charge >= 0.3 is 0 Å². The number of aliphatic hydroxyl groups excluding tert-OH is 2. The Balaban J connectivity index is 3.94. The summed E-state index contributed by atoms with van der Waals surface area (Å²) in [5.41, 5.74) is -0.348. The molecule has 0 rings (SSSR count). The lowest BCUT2D eigenvalue weighted by molar-refractivity contribution is -0.161. The smallest absolute Gasteiger partial charge is 0.149 e. The molecule has 43 heavy (non-hydrogen) atoms. The van der Waals surface area contributed by atoms with Crippen molar-refractivity contribution in [1.82, 2.24) is 0 Å². The van der Waals surface area contributed by atoms with Gasteiger partial charge in [-0.15, -0.1) is 0 Å². The minimum absolute atomic E-state index is 0.159. The van der Waals surface area contributed by atoms with E-state index in [1.165, 1.54) is 128 Å². The fourth-order valence-corrected chi connectivity index (χ4v) is 6.17. The molecule has 0 heterocycles. The number of ether oxygens (including phenoxy) is 3. The molecule has 0 aliphatic heterocycles. The van der Waals surface area contributed by atoms with Gasteiger partial charge in [-0.05, 0) is 25.7 Å². The lowest BCUT2D eigenvalue weighted by atomic mass is 9.81. The van der Waals surface area contributed by atoms with E-state index < -0.39 is 0 Å². The van der Waals surface area contributed by atoms with E-state index in [9.17, 15) is 10.2 Å². The van der Waals surface area contributed by atoms with Crippen LogP contribution in [0.15, 0.2) is 0 Å². The van der Waals surface area contributed by atoms with Crippen molar-refractivity contribution in [2.24, 2.45) is 10.8 Å². The van der Waals surface area contributed by atoms with Crippen LogP contribution in [0.4, 0.5) is 0 Å². The average Bonchev–Trinajstić information content (AvgIpc) is 3.04. The predicted molar refractivity (Wildman–Crippen MR) is 184 cm³/mol. The minimum Gasteiger partial charge on any atom is -0.396 e. The van der Waals surface area contributed by atoms with Crippen LogP contribution in [-0.2, 0) is 14.2 Å². The van der Waals surface area contributed by atoms with Crippen molar-refractivity contribution in [3.05, 3.63) is 0 Å². The molecule has 260 valence electrons. The summed E-state index contributed by atoms with van der Waals surface area (Å²) < 4.78 is 17.3. The third-order valence-corrected chi connectivity index (χ3v) is 9.94. The van der Waals surface area contributed by atoms with E-state index in [0.29, 0.717) is 13.2 Å². The zero-order valence-electron chi connectivity index (χ0n) is 29.7. The first-order valence-electron chi connectivity index (χ1n) is 19.0. The second-order valence-electron chi connectivity index (χ2n) is 13.7. The lowest BCUT2D eigenvalue weighted by Gasteiger charge is -2.31. The van der Waals surface area contributed by atoms with Gasteiger partial charge in [0.25, 0.3) is 0 Å². The first kappa shape index (κ1) is 42.8. The van der Waals surface area contributed by atoms with Gasteiger partial charge in [0.15, 0.2) is 0 Å². The molecule has 0 aromatic carbocycles. The van der Waals surface area contributed by atoms with E-state index in [1.54, 1.807) is 0 Å². The van der Waals surface area contributed by atoms with Crippen LogP contribution in [0.5, 0.6) is 0 Å². The van der Waals surface area contributed by atoms with Crippen molar-refractivity contribution in [3.8, 4) is 0 Å². The average molecular weight is 615 g/mol. The summed E-state index contributed by atoms with van der Waals surface area (Å²) in [5.74, 6) is 0. The van der Waals surface area contributed by atoms with Gasteiger partial charge in [-0.25, -0.2) is 0 Å². The van der Waals surface area contributed by atoms with E-state index in [1.807, 2.05) is 0 Å². The molecule has 0 aromatic rings. The standard InChI is InChI=1S/C38H78O5/c1-5-9-11-13-15-17-19-21-23-25-27-29-37(7-3,31-39)33-41-35-43-36-42-34-38(8-4,32-40)30-28-26-24-22-20-18-16-14-12-10-6-2/h39-40H,5-36H2,1-4H3. The summed E-state index contributed by atoms with van der Waals surface area (Å²) >= 11 is 0. The van der Waals surface area contributed by atoms with Crippen molar-refractivity contribution in [2.75, 3.05) is 40.0 Å². The second kappa shape index (κ2) is 31.8. The van der Waals surface area contributed by atoms with Gasteiger partial charge in [0.05, 0.1) is 26.4 Å². The van der Waals surface area contributed by atoms with Gasteiger partial charge < -0.3 is 24.4 Å².